The van der Waals surface area contributed by atoms with Gasteiger partial charge in [-0.1, -0.05) is 17.3 Å². The Hall–Kier alpha value is -2.17. The Morgan fingerprint density at radius 2 is 1.90 bits per heavy atom. The Morgan fingerprint density at radius 3 is 2.55 bits per heavy atom. The van der Waals surface area contributed by atoms with Crippen LogP contribution in [0.1, 0.15) is 60.7 Å². The smallest absolute Gasteiger partial charge is 0.406 e. The van der Waals surface area contributed by atoms with Crippen LogP contribution in [0.3, 0.4) is 0 Å². The fourth-order valence-corrected chi connectivity index (χ4v) is 4.71. The third-order valence-electron chi connectivity index (χ3n) is 6.44. The molecule has 31 heavy (non-hydrogen) atoms. The zero-order valence-corrected chi connectivity index (χ0v) is 17.0. The molecule has 4 unspecified atom stereocenters. The number of likely N-dealkylation sites (tertiary alicyclic amines) is 1. The molecule has 1 aromatic carbocycles. The molecule has 3 aliphatic rings. The Balaban J connectivity index is 1.35. The van der Waals surface area contributed by atoms with Gasteiger partial charge in [0, 0.05) is 31.6 Å². The minimum absolute atomic E-state index is 0.0184. The molecule has 3 N–H and O–H groups in total. The Kier molecular flexibility index (Phi) is 5.39. The molecular formula is C21H26F3N5O2. The van der Waals surface area contributed by atoms with Gasteiger partial charge in [0.1, 0.15) is 5.75 Å². The third-order valence-corrected chi connectivity index (χ3v) is 6.44. The second-order valence-corrected chi connectivity index (χ2v) is 8.82. The van der Waals surface area contributed by atoms with Gasteiger partial charge in [-0.05, 0) is 49.3 Å². The molecule has 4 atom stereocenters. The average molecular weight is 437 g/mol. The van der Waals surface area contributed by atoms with E-state index in [0.717, 1.165) is 50.2 Å². The van der Waals surface area contributed by atoms with Crippen LogP contribution in [-0.4, -0.2) is 53.2 Å². The molecule has 3 heterocycles. The first-order valence-corrected chi connectivity index (χ1v) is 10.8. The molecule has 0 radical (unpaired) electrons. The minimum atomic E-state index is -4.69. The molecule has 168 valence electrons. The molecule has 0 bridgehead atoms. The summed E-state index contributed by atoms with van der Waals surface area (Å²) >= 11 is 0. The predicted octanol–water partition coefficient (Wildman–Crippen LogP) is 3.07. The van der Waals surface area contributed by atoms with Crippen LogP contribution in [0, 0.1) is 0 Å². The summed E-state index contributed by atoms with van der Waals surface area (Å²) < 4.78 is 47.0. The highest BCUT2D eigenvalue weighted by Gasteiger charge is 2.41. The summed E-state index contributed by atoms with van der Waals surface area (Å²) in [4.78, 5) is 7.04. The van der Waals surface area contributed by atoms with E-state index in [9.17, 15) is 13.2 Å². The second kappa shape index (κ2) is 8.07. The maximum absolute atomic E-state index is 12.4. The third kappa shape index (κ3) is 4.70. The molecule has 3 fully saturated rings. The standard InChI is InChI=1S/C21H26F3N5O2/c22-21(23,24)30-16-5-3-12(4-6-16)14-9-17(20-27-18(28-31-20)13-1-2-13)19(26-10-14)29-8-7-15(25)11-29/h3-6,13-15,17,19,26H,1-2,7-11,25H2. The van der Waals surface area contributed by atoms with Crippen LogP contribution in [0.2, 0.25) is 0 Å². The van der Waals surface area contributed by atoms with E-state index in [2.05, 4.69) is 20.1 Å². The Labute approximate surface area is 178 Å². The van der Waals surface area contributed by atoms with Crippen LogP contribution in [0.15, 0.2) is 28.8 Å². The Bertz CT molecular complexity index is 899. The van der Waals surface area contributed by atoms with Gasteiger partial charge in [0.25, 0.3) is 0 Å². The molecule has 2 aliphatic heterocycles. The number of rotatable bonds is 5. The fraction of sp³-hybridized carbons (Fsp3) is 0.619. The molecular weight excluding hydrogens is 411 g/mol. The lowest BCUT2D eigenvalue weighted by Gasteiger charge is -2.40. The van der Waals surface area contributed by atoms with Crippen molar-refractivity contribution < 1.29 is 22.4 Å². The number of hydrogen-bond acceptors (Lipinski definition) is 7. The van der Waals surface area contributed by atoms with Crippen molar-refractivity contribution in [1.82, 2.24) is 20.4 Å². The molecule has 1 aliphatic carbocycles. The summed E-state index contributed by atoms with van der Waals surface area (Å²) in [6.07, 6.45) is -0.741. The van der Waals surface area contributed by atoms with Crippen molar-refractivity contribution in [2.45, 2.75) is 62.0 Å². The topological polar surface area (TPSA) is 89.4 Å². The van der Waals surface area contributed by atoms with E-state index in [-0.39, 0.29) is 29.8 Å². The quantitative estimate of drug-likeness (QED) is 0.743. The van der Waals surface area contributed by atoms with E-state index in [1.54, 1.807) is 12.1 Å². The molecule has 1 saturated carbocycles. The molecule has 10 heteroatoms. The number of benzene rings is 1. The van der Waals surface area contributed by atoms with Crippen molar-refractivity contribution in [3.63, 3.8) is 0 Å². The molecule has 7 nitrogen and oxygen atoms in total. The molecule has 2 aromatic rings. The van der Waals surface area contributed by atoms with E-state index in [1.807, 2.05) is 0 Å². The zero-order chi connectivity index (χ0) is 21.6. The highest BCUT2D eigenvalue weighted by atomic mass is 19.4. The van der Waals surface area contributed by atoms with Crippen molar-refractivity contribution in [3.05, 3.63) is 41.5 Å². The lowest BCUT2D eigenvalue weighted by Crippen LogP contribution is -2.53. The van der Waals surface area contributed by atoms with Crippen molar-refractivity contribution in [1.29, 1.82) is 0 Å². The minimum Gasteiger partial charge on any atom is -0.406 e. The normalized spacial score (nSPS) is 29.9. The number of nitrogens with zero attached hydrogens (tertiary/aromatic N) is 3. The van der Waals surface area contributed by atoms with Gasteiger partial charge in [-0.15, -0.1) is 13.2 Å². The number of piperidine rings is 1. The predicted molar refractivity (Wildman–Crippen MR) is 105 cm³/mol. The van der Waals surface area contributed by atoms with Gasteiger partial charge in [0.05, 0.1) is 12.1 Å². The van der Waals surface area contributed by atoms with Crippen molar-refractivity contribution in [3.8, 4) is 5.75 Å². The first-order chi connectivity index (χ1) is 14.9. The summed E-state index contributed by atoms with van der Waals surface area (Å²) in [5, 5.41) is 7.81. The van der Waals surface area contributed by atoms with E-state index in [1.165, 1.54) is 12.1 Å². The summed E-state index contributed by atoms with van der Waals surface area (Å²) in [5.74, 6) is 1.68. The van der Waals surface area contributed by atoms with Gasteiger partial charge >= 0.3 is 6.36 Å². The van der Waals surface area contributed by atoms with Crippen molar-refractivity contribution in [2.75, 3.05) is 19.6 Å². The fourth-order valence-electron chi connectivity index (χ4n) is 4.71. The molecule has 1 aromatic heterocycles. The van der Waals surface area contributed by atoms with Crippen LogP contribution in [-0.2, 0) is 0 Å². The van der Waals surface area contributed by atoms with Crippen LogP contribution in [0.5, 0.6) is 5.75 Å². The van der Waals surface area contributed by atoms with Gasteiger partial charge in [-0.2, -0.15) is 4.98 Å². The number of ether oxygens (including phenoxy) is 1. The number of nitrogens with one attached hydrogen (secondary N) is 1. The molecule has 5 rings (SSSR count). The van der Waals surface area contributed by atoms with Crippen LogP contribution >= 0.6 is 0 Å². The zero-order valence-electron chi connectivity index (χ0n) is 17.0. The number of halogens is 3. The monoisotopic (exact) mass is 437 g/mol. The molecule has 0 amide bonds. The number of nitrogens with two attached hydrogens (primary N) is 1. The van der Waals surface area contributed by atoms with Gasteiger partial charge < -0.3 is 20.3 Å². The van der Waals surface area contributed by atoms with E-state index < -0.39 is 6.36 Å². The van der Waals surface area contributed by atoms with Gasteiger partial charge in [0.2, 0.25) is 5.89 Å². The lowest BCUT2D eigenvalue weighted by atomic mass is 9.83. The average Bonchev–Trinajstić information content (AvgIpc) is 3.30. The second-order valence-electron chi connectivity index (χ2n) is 8.82. The first kappa shape index (κ1) is 20.7. The summed E-state index contributed by atoms with van der Waals surface area (Å²) in [6, 6.07) is 6.27. The molecule has 2 saturated heterocycles. The summed E-state index contributed by atoms with van der Waals surface area (Å²) in [6.45, 7) is 2.43. The van der Waals surface area contributed by atoms with Gasteiger partial charge in [-0.25, -0.2) is 0 Å². The van der Waals surface area contributed by atoms with E-state index in [4.69, 9.17) is 15.2 Å². The number of alkyl halides is 3. The highest BCUT2D eigenvalue weighted by Crippen LogP contribution is 2.41. The summed E-state index contributed by atoms with van der Waals surface area (Å²) in [7, 11) is 0. The van der Waals surface area contributed by atoms with Crippen molar-refractivity contribution >= 4 is 0 Å². The maximum atomic E-state index is 12.4. The van der Waals surface area contributed by atoms with E-state index in [0.29, 0.717) is 18.4 Å². The van der Waals surface area contributed by atoms with Crippen LogP contribution in [0.4, 0.5) is 13.2 Å². The maximum Gasteiger partial charge on any atom is 0.573 e. The number of hydrogen-bond donors (Lipinski definition) is 2. The molecule has 0 spiro atoms. The van der Waals surface area contributed by atoms with Gasteiger partial charge in [0.15, 0.2) is 5.82 Å². The number of aromatic nitrogens is 2. The van der Waals surface area contributed by atoms with Crippen LogP contribution in [0.25, 0.3) is 0 Å². The Morgan fingerprint density at radius 1 is 1.13 bits per heavy atom. The lowest BCUT2D eigenvalue weighted by molar-refractivity contribution is -0.274. The van der Waals surface area contributed by atoms with Gasteiger partial charge in [-0.3, -0.25) is 4.90 Å². The summed E-state index contributed by atoms with van der Waals surface area (Å²) in [5.41, 5.74) is 7.08. The largest absolute Gasteiger partial charge is 0.573 e. The first-order valence-electron chi connectivity index (χ1n) is 10.8. The van der Waals surface area contributed by atoms with Crippen LogP contribution < -0.4 is 15.8 Å². The SMILES string of the molecule is NC1CCN(C2NCC(c3ccc(OC(F)(F)F)cc3)CC2c2nc(C3CC3)no2)C1. The van der Waals surface area contributed by atoms with E-state index >= 15 is 0 Å². The highest BCUT2D eigenvalue weighted by molar-refractivity contribution is 5.31. The van der Waals surface area contributed by atoms with Crippen molar-refractivity contribution in [2.24, 2.45) is 5.73 Å².